The Morgan fingerprint density at radius 1 is 1.23 bits per heavy atom. The predicted octanol–water partition coefficient (Wildman–Crippen LogP) is 2.10. The van der Waals surface area contributed by atoms with Gasteiger partial charge in [0.25, 0.3) is 0 Å². The van der Waals surface area contributed by atoms with E-state index in [1.54, 1.807) is 0 Å². The summed E-state index contributed by atoms with van der Waals surface area (Å²) in [6.07, 6.45) is 0. The third-order valence-electron chi connectivity index (χ3n) is 1.40. The summed E-state index contributed by atoms with van der Waals surface area (Å²) in [6, 6.07) is 0.917. The molecule has 0 fully saturated rings. The topological polar surface area (TPSA) is 77.8 Å². The van der Waals surface area contributed by atoms with Crippen molar-refractivity contribution in [3.8, 4) is 11.5 Å². The van der Waals surface area contributed by atoms with Crippen LogP contribution in [0.15, 0.2) is 6.07 Å². The molecule has 0 radical (unpaired) electrons. The van der Waals surface area contributed by atoms with Crippen LogP contribution < -0.4 is 0 Å². The Kier molecular flexibility index (Phi) is 2.54. The first-order chi connectivity index (χ1) is 5.95. The minimum Gasteiger partial charge on any atom is -0.505 e. The molecule has 0 amide bonds. The Balaban J connectivity index is 3.50. The van der Waals surface area contributed by atoms with Crippen molar-refractivity contribution in [2.24, 2.45) is 0 Å². The summed E-state index contributed by atoms with van der Waals surface area (Å²) in [5, 5.41) is 26.1. The lowest BCUT2D eigenvalue weighted by atomic mass is 10.2. The lowest BCUT2D eigenvalue weighted by Gasteiger charge is -2.05. The highest BCUT2D eigenvalue weighted by molar-refractivity contribution is 6.38. The Morgan fingerprint density at radius 3 is 2.23 bits per heavy atom. The number of halogens is 2. The first kappa shape index (κ1) is 9.95. The summed E-state index contributed by atoms with van der Waals surface area (Å²) in [5.41, 5.74) is -0.451. The number of aromatic hydroxyl groups is 2. The molecule has 70 valence electrons. The molecule has 0 spiro atoms. The number of hydrogen-bond donors (Lipinski definition) is 3. The number of carboxylic acids is 1. The molecule has 0 unspecified atom stereocenters. The van der Waals surface area contributed by atoms with Gasteiger partial charge in [0.15, 0.2) is 11.5 Å². The van der Waals surface area contributed by atoms with Crippen LogP contribution in [0.2, 0.25) is 10.0 Å². The van der Waals surface area contributed by atoms with Crippen LogP contribution in [0.1, 0.15) is 10.4 Å². The maximum Gasteiger partial charge on any atom is 0.339 e. The Morgan fingerprint density at radius 2 is 1.77 bits per heavy atom. The standard InChI is InChI=1S/C7H4Cl2O4/c8-3-1-2(7(12)13)5(10)4(9)6(3)11/h1,10-11H,(H,12,13). The average Bonchev–Trinajstić information content (AvgIpc) is 2.07. The fourth-order valence-electron chi connectivity index (χ4n) is 0.762. The number of rotatable bonds is 1. The van der Waals surface area contributed by atoms with Crippen molar-refractivity contribution in [1.29, 1.82) is 0 Å². The van der Waals surface area contributed by atoms with Gasteiger partial charge in [-0.05, 0) is 6.07 Å². The minimum atomic E-state index is -1.37. The molecular formula is C7H4Cl2O4. The van der Waals surface area contributed by atoms with Gasteiger partial charge in [-0.3, -0.25) is 0 Å². The summed E-state index contributed by atoms with van der Waals surface area (Å²) in [4.78, 5) is 10.5. The summed E-state index contributed by atoms with van der Waals surface area (Å²) in [5.74, 6) is -2.61. The summed E-state index contributed by atoms with van der Waals surface area (Å²) in [6.45, 7) is 0. The normalized spacial score (nSPS) is 10.0. The predicted molar refractivity (Wildman–Crippen MR) is 46.8 cm³/mol. The zero-order chi connectivity index (χ0) is 10.2. The lowest BCUT2D eigenvalue weighted by Crippen LogP contribution is -1.97. The molecule has 1 aromatic carbocycles. The molecule has 0 aliphatic carbocycles. The fraction of sp³-hybridized carbons (Fsp3) is 0. The second kappa shape index (κ2) is 3.32. The van der Waals surface area contributed by atoms with Crippen LogP contribution in [-0.4, -0.2) is 21.3 Å². The van der Waals surface area contributed by atoms with Crippen LogP contribution in [0, 0.1) is 0 Å². The molecule has 0 aromatic heterocycles. The van der Waals surface area contributed by atoms with Crippen molar-refractivity contribution in [2.75, 3.05) is 0 Å². The molecule has 4 nitrogen and oxygen atoms in total. The van der Waals surface area contributed by atoms with Gasteiger partial charge in [0.2, 0.25) is 0 Å². The SMILES string of the molecule is O=C(O)c1cc(Cl)c(O)c(Cl)c1O. The van der Waals surface area contributed by atoms with Crippen molar-refractivity contribution in [1.82, 2.24) is 0 Å². The van der Waals surface area contributed by atoms with E-state index in [2.05, 4.69) is 0 Å². The molecule has 3 N–H and O–H groups in total. The third kappa shape index (κ3) is 1.64. The largest absolute Gasteiger partial charge is 0.505 e. The van der Waals surface area contributed by atoms with Crippen molar-refractivity contribution in [3.05, 3.63) is 21.7 Å². The van der Waals surface area contributed by atoms with Crippen LogP contribution >= 0.6 is 23.2 Å². The van der Waals surface area contributed by atoms with Crippen LogP contribution in [-0.2, 0) is 0 Å². The number of carboxylic acid groups (broad SMARTS) is 1. The fourth-order valence-corrected chi connectivity index (χ4v) is 1.22. The van der Waals surface area contributed by atoms with Gasteiger partial charge in [-0.25, -0.2) is 4.79 Å². The minimum absolute atomic E-state index is 0.222. The highest BCUT2D eigenvalue weighted by Gasteiger charge is 2.18. The highest BCUT2D eigenvalue weighted by Crippen LogP contribution is 2.40. The molecule has 1 aromatic rings. The van der Waals surface area contributed by atoms with Crippen molar-refractivity contribution >= 4 is 29.2 Å². The highest BCUT2D eigenvalue weighted by atomic mass is 35.5. The first-order valence-electron chi connectivity index (χ1n) is 3.08. The Hall–Kier alpha value is -1.13. The maximum absolute atomic E-state index is 10.5. The van der Waals surface area contributed by atoms with E-state index in [4.69, 9.17) is 38.5 Å². The van der Waals surface area contributed by atoms with Gasteiger partial charge in [0, 0.05) is 0 Å². The molecule has 0 aliphatic heterocycles. The quantitative estimate of drug-likeness (QED) is 0.681. The molecule has 13 heavy (non-hydrogen) atoms. The molecule has 0 heterocycles. The van der Waals surface area contributed by atoms with E-state index in [1.165, 1.54) is 0 Å². The Bertz CT molecular complexity index is 375. The second-order valence-corrected chi connectivity index (χ2v) is 3.01. The van der Waals surface area contributed by atoms with Crippen molar-refractivity contribution < 1.29 is 20.1 Å². The first-order valence-corrected chi connectivity index (χ1v) is 3.84. The molecule has 1 rings (SSSR count). The molecule has 0 saturated carbocycles. The van der Waals surface area contributed by atoms with Gasteiger partial charge < -0.3 is 15.3 Å². The summed E-state index contributed by atoms with van der Waals surface area (Å²) in [7, 11) is 0. The number of carbonyl (C=O) groups is 1. The van der Waals surface area contributed by atoms with E-state index in [9.17, 15) is 4.79 Å². The van der Waals surface area contributed by atoms with Crippen LogP contribution in [0.25, 0.3) is 0 Å². The average molecular weight is 223 g/mol. The van der Waals surface area contributed by atoms with Crippen LogP contribution in [0.3, 0.4) is 0 Å². The van der Waals surface area contributed by atoms with E-state index < -0.39 is 28.1 Å². The number of phenols is 2. The number of benzene rings is 1. The summed E-state index contributed by atoms with van der Waals surface area (Å²) >= 11 is 10.8. The van der Waals surface area contributed by atoms with Crippen molar-refractivity contribution in [2.45, 2.75) is 0 Å². The zero-order valence-electron chi connectivity index (χ0n) is 6.08. The van der Waals surface area contributed by atoms with E-state index in [0.717, 1.165) is 6.07 Å². The Labute approximate surface area is 82.9 Å². The van der Waals surface area contributed by atoms with Gasteiger partial charge in [0.1, 0.15) is 10.6 Å². The molecular weight excluding hydrogens is 219 g/mol. The van der Waals surface area contributed by atoms with Gasteiger partial charge >= 0.3 is 5.97 Å². The molecule has 0 bridgehead atoms. The summed E-state index contributed by atoms with van der Waals surface area (Å²) < 4.78 is 0. The smallest absolute Gasteiger partial charge is 0.339 e. The lowest BCUT2D eigenvalue weighted by molar-refractivity contribution is 0.0693. The molecule has 0 saturated heterocycles. The van der Waals surface area contributed by atoms with Gasteiger partial charge in [-0.1, -0.05) is 23.2 Å². The van der Waals surface area contributed by atoms with Crippen LogP contribution in [0.5, 0.6) is 11.5 Å². The molecule has 6 heteroatoms. The van der Waals surface area contributed by atoms with E-state index >= 15 is 0 Å². The number of hydrogen-bond acceptors (Lipinski definition) is 3. The monoisotopic (exact) mass is 222 g/mol. The van der Waals surface area contributed by atoms with E-state index in [1.807, 2.05) is 0 Å². The van der Waals surface area contributed by atoms with Gasteiger partial charge in [-0.15, -0.1) is 0 Å². The van der Waals surface area contributed by atoms with Gasteiger partial charge in [-0.2, -0.15) is 0 Å². The number of phenolic OH excluding ortho intramolecular Hbond substituents is 1. The molecule has 0 aliphatic rings. The third-order valence-corrected chi connectivity index (χ3v) is 2.04. The van der Waals surface area contributed by atoms with Gasteiger partial charge in [0.05, 0.1) is 5.02 Å². The van der Waals surface area contributed by atoms with Crippen molar-refractivity contribution in [3.63, 3.8) is 0 Å². The second-order valence-electron chi connectivity index (χ2n) is 2.22. The van der Waals surface area contributed by atoms with E-state index in [0.29, 0.717) is 0 Å². The van der Waals surface area contributed by atoms with E-state index in [-0.39, 0.29) is 5.02 Å². The zero-order valence-corrected chi connectivity index (χ0v) is 7.60. The number of aromatic carboxylic acids is 1. The molecule has 0 atom stereocenters. The van der Waals surface area contributed by atoms with Crippen LogP contribution in [0.4, 0.5) is 0 Å². The maximum atomic E-state index is 10.5.